The molecular formula is C23H34IN7O2. The Kier molecular flexibility index (Phi) is 8.93. The molecule has 33 heavy (non-hydrogen) atoms. The molecule has 9 nitrogen and oxygen atoms in total. The van der Waals surface area contributed by atoms with E-state index < -0.39 is 0 Å². The van der Waals surface area contributed by atoms with Crippen LogP contribution in [0.1, 0.15) is 38.2 Å². The molecule has 1 amide bonds. The van der Waals surface area contributed by atoms with Crippen molar-refractivity contribution in [3.05, 3.63) is 36.3 Å². The second-order valence-corrected chi connectivity index (χ2v) is 8.74. The van der Waals surface area contributed by atoms with Gasteiger partial charge in [-0.15, -0.1) is 24.0 Å². The molecule has 10 heteroatoms. The van der Waals surface area contributed by atoms with Crippen LogP contribution in [0.2, 0.25) is 0 Å². The van der Waals surface area contributed by atoms with E-state index >= 15 is 0 Å². The number of hydrogen-bond donors (Lipinski definition) is 1. The second-order valence-electron chi connectivity index (χ2n) is 8.74. The van der Waals surface area contributed by atoms with Gasteiger partial charge in [0, 0.05) is 52.2 Å². The van der Waals surface area contributed by atoms with E-state index in [9.17, 15) is 4.79 Å². The molecule has 0 unspecified atom stereocenters. The number of halogens is 1. The number of carbonyl (C=O) groups is 1. The lowest BCUT2D eigenvalue weighted by atomic mass is 9.89. The molecule has 2 aromatic rings. The number of hydrogen-bond acceptors (Lipinski definition) is 5. The Balaban J connectivity index is 0.00000306. The van der Waals surface area contributed by atoms with Crippen molar-refractivity contribution in [2.24, 2.45) is 18.0 Å². The first kappa shape index (κ1) is 25.3. The Morgan fingerprint density at radius 2 is 2.06 bits per heavy atom. The number of nitrogens with one attached hydrogen (secondary N) is 1. The largest absolute Gasteiger partial charge is 0.474 e. The summed E-state index contributed by atoms with van der Waals surface area (Å²) in [5.74, 6) is 2.22. The topological polar surface area (TPSA) is 87.9 Å². The summed E-state index contributed by atoms with van der Waals surface area (Å²) in [7, 11) is 3.59. The van der Waals surface area contributed by atoms with Crippen molar-refractivity contribution in [2.45, 2.75) is 45.3 Å². The second kappa shape index (κ2) is 11.7. The molecule has 2 fully saturated rings. The van der Waals surface area contributed by atoms with Crippen molar-refractivity contribution in [3.8, 4) is 5.88 Å². The summed E-state index contributed by atoms with van der Waals surface area (Å²) in [5.41, 5.74) is 1.90. The summed E-state index contributed by atoms with van der Waals surface area (Å²) in [6, 6.07) is 3.96. The first-order valence-electron chi connectivity index (χ1n) is 11.4. The lowest BCUT2D eigenvalue weighted by Gasteiger charge is -2.35. The van der Waals surface area contributed by atoms with Crippen LogP contribution in [0.4, 0.5) is 5.69 Å². The number of aliphatic imine (C=N–C) groups is 1. The van der Waals surface area contributed by atoms with Gasteiger partial charge < -0.3 is 19.9 Å². The van der Waals surface area contributed by atoms with Crippen LogP contribution < -0.4 is 15.0 Å². The fraction of sp³-hybridized carbons (Fsp3) is 0.565. The van der Waals surface area contributed by atoms with Crippen LogP contribution in [0.15, 0.2) is 35.7 Å². The Morgan fingerprint density at radius 1 is 1.27 bits per heavy atom. The zero-order chi connectivity index (χ0) is 22.5. The highest BCUT2D eigenvalue weighted by molar-refractivity contribution is 14.0. The third-order valence-electron chi connectivity index (χ3n) is 6.24. The van der Waals surface area contributed by atoms with Gasteiger partial charge in [-0.3, -0.25) is 14.5 Å². The molecule has 4 rings (SSSR count). The fourth-order valence-electron chi connectivity index (χ4n) is 4.33. The smallest absolute Gasteiger partial charge is 0.246 e. The van der Waals surface area contributed by atoms with Crippen molar-refractivity contribution < 1.29 is 9.53 Å². The lowest BCUT2D eigenvalue weighted by Crippen LogP contribution is -2.55. The summed E-state index contributed by atoms with van der Waals surface area (Å²) in [6.45, 7) is 4.47. The van der Waals surface area contributed by atoms with Crippen molar-refractivity contribution in [1.29, 1.82) is 0 Å². The molecule has 3 heterocycles. The van der Waals surface area contributed by atoms with Crippen molar-refractivity contribution in [2.75, 3.05) is 31.6 Å². The summed E-state index contributed by atoms with van der Waals surface area (Å²) in [4.78, 5) is 25.2. The molecular weight excluding hydrogens is 533 g/mol. The highest BCUT2D eigenvalue weighted by Crippen LogP contribution is 2.26. The molecule has 0 bridgehead atoms. The number of aryl methyl sites for hydroxylation is 1. The monoisotopic (exact) mass is 567 g/mol. The minimum Gasteiger partial charge on any atom is -0.474 e. The average Bonchev–Trinajstić information content (AvgIpc) is 3.22. The lowest BCUT2D eigenvalue weighted by molar-refractivity contribution is -0.120. The number of ether oxygens (including phenoxy) is 1. The molecule has 2 aliphatic rings. The number of guanidine groups is 1. The van der Waals surface area contributed by atoms with E-state index in [4.69, 9.17) is 4.74 Å². The summed E-state index contributed by atoms with van der Waals surface area (Å²) in [5, 5.41) is 7.54. The quantitative estimate of drug-likeness (QED) is 0.340. The highest BCUT2D eigenvalue weighted by Gasteiger charge is 2.27. The van der Waals surface area contributed by atoms with E-state index in [0.717, 1.165) is 30.0 Å². The molecule has 1 N–H and O–H groups in total. The minimum absolute atomic E-state index is 0. The number of nitrogens with zero attached hydrogens (tertiary/aromatic N) is 6. The standard InChI is InChI=1S/C23H33N7O2.HI/c1-17-4-6-20(7-5-17)32-21-12-18(8-9-25-21)13-26-23(24-2)29-10-11-30(22(31)16-29)19-14-27-28(3)15-19;/h8-9,12,14-15,17,20H,4-7,10-11,13,16H2,1-3H3,(H,24,26);1H. The fourth-order valence-corrected chi connectivity index (χ4v) is 4.33. The number of aromatic nitrogens is 3. The van der Waals surface area contributed by atoms with E-state index in [1.54, 1.807) is 29.0 Å². The van der Waals surface area contributed by atoms with Crippen LogP contribution in [-0.4, -0.2) is 64.3 Å². The zero-order valence-electron chi connectivity index (χ0n) is 19.6. The summed E-state index contributed by atoms with van der Waals surface area (Å²) >= 11 is 0. The number of amides is 1. The Bertz CT molecular complexity index is 956. The van der Waals surface area contributed by atoms with Crippen LogP contribution in [0.25, 0.3) is 0 Å². The normalized spacial score (nSPS) is 21.5. The number of pyridine rings is 1. The van der Waals surface area contributed by atoms with Gasteiger partial charge in [-0.2, -0.15) is 5.10 Å². The van der Waals surface area contributed by atoms with Gasteiger partial charge in [-0.1, -0.05) is 6.92 Å². The van der Waals surface area contributed by atoms with Gasteiger partial charge in [0.25, 0.3) is 0 Å². The van der Waals surface area contributed by atoms with Gasteiger partial charge in [-0.05, 0) is 43.2 Å². The van der Waals surface area contributed by atoms with Gasteiger partial charge >= 0.3 is 0 Å². The zero-order valence-corrected chi connectivity index (χ0v) is 21.9. The third kappa shape index (κ3) is 6.58. The molecule has 0 radical (unpaired) electrons. The van der Waals surface area contributed by atoms with Crippen LogP contribution in [0.3, 0.4) is 0 Å². The average molecular weight is 567 g/mol. The first-order chi connectivity index (χ1) is 15.5. The van der Waals surface area contributed by atoms with E-state index in [1.807, 2.05) is 30.3 Å². The van der Waals surface area contributed by atoms with Gasteiger partial charge in [0.05, 0.1) is 11.9 Å². The SMILES string of the molecule is CN=C(NCc1ccnc(OC2CCC(C)CC2)c1)N1CCN(c2cnn(C)c2)C(=O)C1.I. The van der Waals surface area contributed by atoms with Gasteiger partial charge in [0.1, 0.15) is 12.6 Å². The maximum Gasteiger partial charge on any atom is 0.246 e. The van der Waals surface area contributed by atoms with Crippen LogP contribution in [0.5, 0.6) is 5.88 Å². The first-order valence-corrected chi connectivity index (χ1v) is 11.4. The molecule has 0 atom stereocenters. The van der Waals surface area contributed by atoms with Crippen molar-refractivity contribution in [3.63, 3.8) is 0 Å². The predicted molar refractivity (Wildman–Crippen MR) is 139 cm³/mol. The summed E-state index contributed by atoms with van der Waals surface area (Å²) in [6.07, 6.45) is 10.3. The van der Waals surface area contributed by atoms with E-state index in [0.29, 0.717) is 31.5 Å². The Hall–Kier alpha value is -2.37. The summed E-state index contributed by atoms with van der Waals surface area (Å²) < 4.78 is 7.83. The molecule has 0 spiro atoms. The van der Waals surface area contributed by atoms with Gasteiger partial charge in [0.2, 0.25) is 11.8 Å². The van der Waals surface area contributed by atoms with Gasteiger partial charge in [-0.25, -0.2) is 4.98 Å². The van der Waals surface area contributed by atoms with Gasteiger partial charge in [0.15, 0.2) is 5.96 Å². The van der Waals surface area contributed by atoms with Crippen molar-refractivity contribution in [1.82, 2.24) is 25.0 Å². The molecule has 2 aromatic heterocycles. The van der Waals surface area contributed by atoms with Crippen molar-refractivity contribution >= 4 is 41.5 Å². The Morgan fingerprint density at radius 3 is 2.73 bits per heavy atom. The molecule has 1 aliphatic carbocycles. The van der Waals surface area contributed by atoms with Crippen LogP contribution >= 0.6 is 24.0 Å². The maximum absolute atomic E-state index is 12.7. The molecule has 1 aliphatic heterocycles. The molecule has 180 valence electrons. The van der Waals surface area contributed by atoms with E-state index in [-0.39, 0.29) is 42.5 Å². The Labute approximate surface area is 212 Å². The molecule has 1 saturated carbocycles. The van der Waals surface area contributed by atoms with E-state index in [1.165, 1.54) is 12.8 Å². The number of piperazine rings is 1. The van der Waals surface area contributed by atoms with E-state index in [2.05, 4.69) is 27.3 Å². The number of carbonyl (C=O) groups excluding carboxylic acids is 1. The third-order valence-corrected chi connectivity index (χ3v) is 6.24. The van der Waals surface area contributed by atoms with Crippen LogP contribution in [0, 0.1) is 5.92 Å². The maximum atomic E-state index is 12.7. The number of rotatable bonds is 5. The highest BCUT2D eigenvalue weighted by atomic mass is 127. The molecule has 1 saturated heterocycles. The number of anilines is 1. The van der Waals surface area contributed by atoms with Crippen LogP contribution in [-0.2, 0) is 18.4 Å². The predicted octanol–water partition coefficient (Wildman–Crippen LogP) is 2.81. The molecule has 0 aromatic carbocycles. The minimum atomic E-state index is 0.